The van der Waals surface area contributed by atoms with Gasteiger partial charge < -0.3 is 14.6 Å². The van der Waals surface area contributed by atoms with E-state index >= 15 is 0 Å². The molecule has 0 bridgehead atoms. The SMILES string of the molecule is Clc1ccccc1C1CN(c2ncnc3nc[nH]c23)CCO1. The van der Waals surface area contributed by atoms with Crippen molar-refractivity contribution < 1.29 is 4.74 Å². The fraction of sp³-hybridized carbons (Fsp3) is 0.267. The predicted octanol–water partition coefficient (Wildman–Crippen LogP) is 2.58. The van der Waals surface area contributed by atoms with Crippen LogP contribution in [0.4, 0.5) is 5.82 Å². The molecule has 0 amide bonds. The molecule has 0 radical (unpaired) electrons. The maximum atomic E-state index is 6.29. The Labute approximate surface area is 132 Å². The number of H-pyrrole nitrogens is 1. The lowest BCUT2D eigenvalue weighted by molar-refractivity contribution is 0.0397. The van der Waals surface area contributed by atoms with Crippen LogP contribution in [0.2, 0.25) is 5.02 Å². The van der Waals surface area contributed by atoms with Crippen LogP contribution >= 0.6 is 11.6 Å². The van der Waals surface area contributed by atoms with Gasteiger partial charge in [-0.1, -0.05) is 29.8 Å². The number of benzene rings is 1. The lowest BCUT2D eigenvalue weighted by Crippen LogP contribution is -2.39. The predicted molar refractivity (Wildman–Crippen MR) is 84.0 cm³/mol. The summed E-state index contributed by atoms with van der Waals surface area (Å²) in [6.07, 6.45) is 3.10. The average Bonchev–Trinajstić information content (AvgIpc) is 3.04. The van der Waals surface area contributed by atoms with Crippen molar-refractivity contribution in [1.29, 1.82) is 0 Å². The lowest BCUT2D eigenvalue weighted by atomic mass is 10.1. The van der Waals surface area contributed by atoms with Crippen LogP contribution in [0, 0.1) is 0 Å². The van der Waals surface area contributed by atoms with Crippen molar-refractivity contribution in [1.82, 2.24) is 19.9 Å². The van der Waals surface area contributed by atoms with Gasteiger partial charge in [0.05, 0.1) is 12.9 Å². The van der Waals surface area contributed by atoms with Gasteiger partial charge in [-0.3, -0.25) is 0 Å². The molecular weight excluding hydrogens is 302 g/mol. The molecule has 1 atom stereocenters. The summed E-state index contributed by atoms with van der Waals surface area (Å²) in [5, 5.41) is 0.726. The molecule has 22 heavy (non-hydrogen) atoms. The monoisotopic (exact) mass is 315 g/mol. The third-order valence-electron chi connectivity index (χ3n) is 3.82. The number of fused-ring (bicyclic) bond motifs is 1. The van der Waals surface area contributed by atoms with E-state index in [9.17, 15) is 0 Å². The fourth-order valence-corrected chi connectivity index (χ4v) is 3.02. The molecule has 1 saturated heterocycles. The number of hydrogen-bond acceptors (Lipinski definition) is 5. The highest BCUT2D eigenvalue weighted by molar-refractivity contribution is 6.31. The molecule has 1 aliphatic heterocycles. The summed E-state index contributed by atoms with van der Waals surface area (Å²) in [7, 11) is 0. The fourth-order valence-electron chi connectivity index (χ4n) is 2.76. The van der Waals surface area contributed by atoms with Crippen LogP contribution in [-0.2, 0) is 4.74 Å². The summed E-state index contributed by atoms with van der Waals surface area (Å²) in [6, 6.07) is 7.78. The van der Waals surface area contributed by atoms with Crippen LogP contribution in [0.5, 0.6) is 0 Å². The van der Waals surface area contributed by atoms with E-state index in [2.05, 4.69) is 24.8 Å². The van der Waals surface area contributed by atoms with E-state index in [1.807, 2.05) is 24.3 Å². The lowest BCUT2D eigenvalue weighted by Gasteiger charge is -2.34. The van der Waals surface area contributed by atoms with E-state index in [-0.39, 0.29) is 6.10 Å². The smallest absolute Gasteiger partial charge is 0.182 e. The maximum Gasteiger partial charge on any atom is 0.182 e. The summed E-state index contributed by atoms with van der Waals surface area (Å²) in [4.78, 5) is 18.0. The average molecular weight is 316 g/mol. The molecule has 0 saturated carbocycles. The highest BCUT2D eigenvalue weighted by Gasteiger charge is 2.26. The van der Waals surface area contributed by atoms with Gasteiger partial charge in [0.1, 0.15) is 17.9 Å². The number of rotatable bonds is 2. The molecule has 1 N–H and O–H groups in total. The van der Waals surface area contributed by atoms with E-state index in [0.29, 0.717) is 18.8 Å². The van der Waals surface area contributed by atoms with Crippen molar-refractivity contribution in [2.45, 2.75) is 6.10 Å². The Morgan fingerprint density at radius 3 is 3.05 bits per heavy atom. The molecule has 1 aliphatic rings. The van der Waals surface area contributed by atoms with E-state index < -0.39 is 0 Å². The first kappa shape index (κ1) is 13.5. The number of aromatic nitrogens is 4. The second kappa shape index (κ2) is 5.55. The molecule has 2 aromatic heterocycles. The van der Waals surface area contributed by atoms with Crippen LogP contribution in [-0.4, -0.2) is 39.6 Å². The zero-order valence-corrected chi connectivity index (χ0v) is 12.5. The second-order valence-electron chi connectivity index (χ2n) is 5.13. The Morgan fingerprint density at radius 1 is 1.23 bits per heavy atom. The number of nitrogens with one attached hydrogen (secondary N) is 1. The molecule has 1 aromatic carbocycles. The standard InChI is InChI=1S/C15H14ClN5O/c16-11-4-2-1-3-10(11)12-7-21(5-6-22-12)15-13-14(18-8-17-13)19-9-20-15/h1-4,8-9,12H,5-7H2,(H,17,18,19,20). The Balaban J connectivity index is 1.67. The summed E-state index contributed by atoms with van der Waals surface area (Å²) < 4.78 is 5.89. The van der Waals surface area contributed by atoms with Gasteiger partial charge in [0.2, 0.25) is 0 Å². The van der Waals surface area contributed by atoms with Gasteiger partial charge >= 0.3 is 0 Å². The topological polar surface area (TPSA) is 66.9 Å². The van der Waals surface area contributed by atoms with Crippen molar-refractivity contribution >= 4 is 28.6 Å². The van der Waals surface area contributed by atoms with Crippen molar-refractivity contribution in [3.8, 4) is 0 Å². The van der Waals surface area contributed by atoms with Gasteiger partial charge in [0, 0.05) is 23.7 Å². The minimum atomic E-state index is -0.0737. The molecule has 0 aliphatic carbocycles. The Hall–Kier alpha value is -2.18. The largest absolute Gasteiger partial charge is 0.370 e. The molecule has 6 nitrogen and oxygen atoms in total. The number of halogens is 1. The summed E-state index contributed by atoms with van der Waals surface area (Å²) in [5.41, 5.74) is 2.52. The van der Waals surface area contributed by atoms with Gasteiger partial charge in [-0.25, -0.2) is 15.0 Å². The van der Waals surface area contributed by atoms with Gasteiger partial charge in [-0.15, -0.1) is 0 Å². The number of ether oxygens (including phenoxy) is 1. The highest BCUT2D eigenvalue weighted by Crippen LogP contribution is 2.31. The van der Waals surface area contributed by atoms with E-state index in [0.717, 1.165) is 28.5 Å². The van der Waals surface area contributed by atoms with Crippen LogP contribution in [0.25, 0.3) is 11.2 Å². The molecule has 3 aromatic rings. The number of morpholine rings is 1. The van der Waals surface area contributed by atoms with Gasteiger partial charge in [-0.2, -0.15) is 0 Å². The van der Waals surface area contributed by atoms with E-state index in [4.69, 9.17) is 16.3 Å². The van der Waals surface area contributed by atoms with Crippen LogP contribution < -0.4 is 4.90 Å². The van der Waals surface area contributed by atoms with Crippen molar-refractivity contribution in [2.24, 2.45) is 0 Å². The number of hydrogen-bond donors (Lipinski definition) is 1. The van der Waals surface area contributed by atoms with Crippen molar-refractivity contribution in [3.05, 3.63) is 47.5 Å². The maximum absolute atomic E-state index is 6.29. The third-order valence-corrected chi connectivity index (χ3v) is 4.17. The molecule has 4 rings (SSSR count). The molecule has 3 heterocycles. The minimum absolute atomic E-state index is 0.0737. The Morgan fingerprint density at radius 2 is 2.14 bits per heavy atom. The van der Waals surface area contributed by atoms with Crippen LogP contribution in [0.3, 0.4) is 0 Å². The number of imidazole rings is 1. The van der Waals surface area contributed by atoms with Gasteiger partial charge in [0.15, 0.2) is 11.5 Å². The zero-order chi connectivity index (χ0) is 14.9. The molecule has 1 unspecified atom stereocenters. The van der Waals surface area contributed by atoms with Gasteiger partial charge in [-0.05, 0) is 6.07 Å². The minimum Gasteiger partial charge on any atom is -0.370 e. The number of anilines is 1. The van der Waals surface area contributed by atoms with E-state index in [1.165, 1.54) is 0 Å². The molecule has 0 spiro atoms. The zero-order valence-electron chi connectivity index (χ0n) is 11.7. The Kier molecular flexibility index (Phi) is 3.40. The van der Waals surface area contributed by atoms with Crippen LogP contribution in [0.15, 0.2) is 36.9 Å². The second-order valence-corrected chi connectivity index (χ2v) is 5.53. The Bertz CT molecular complexity index is 805. The first-order chi connectivity index (χ1) is 10.8. The van der Waals surface area contributed by atoms with E-state index in [1.54, 1.807) is 12.7 Å². The quantitative estimate of drug-likeness (QED) is 0.787. The third kappa shape index (κ3) is 2.30. The first-order valence-electron chi connectivity index (χ1n) is 7.08. The normalized spacial score (nSPS) is 18.8. The van der Waals surface area contributed by atoms with Crippen molar-refractivity contribution in [2.75, 3.05) is 24.6 Å². The molecule has 7 heteroatoms. The van der Waals surface area contributed by atoms with Crippen molar-refractivity contribution in [3.63, 3.8) is 0 Å². The highest BCUT2D eigenvalue weighted by atomic mass is 35.5. The molecular formula is C15H14ClN5O. The van der Waals surface area contributed by atoms with Gasteiger partial charge in [0.25, 0.3) is 0 Å². The number of nitrogens with zero attached hydrogens (tertiary/aromatic N) is 4. The summed E-state index contributed by atoms with van der Waals surface area (Å²) in [6.45, 7) is 2.08. The molecule has 112 valence electrons. The summed E-state index contributed by atoms with van der Waals surface area (Å²) >= 11 is 6.29. The molecule has 1 fully saturated rings. The summed E-state index contributed by atoms with van der Waals surface area (Å²) in [5.74, 6) is 0.850. The number of aromatic amines is 1. The first-order valence-corrected chi connectivity index (χ1v) is 7.46. The van der Waals surface area contributed by atoms with Crippen LogP contribution in [0.1, 0.15) is 11.7 Å².